The van der Waals surface area contributed by atoms with Crippen LogP contribution in [0.15, 0.2) is 86.0 Å². The molecule has 5 atom stereocenters. The molecule has 3 saturated heterocycles. The highest BCUT2D eigenvalue weighted by molar-refractivity contribution is 8.02. The van der Waals surface area contributed by atoms with Gasteiger partial charge in [0.25, 0.3) is 0 Å². The van der Waals surface area contributed by atoms with E-state index in [-0.39, 0.29) is 30.9 Å². The molecule has 2 aromatic carbocycles. The number of rotatable bonds is 11. The van der Waals surface area contributed by atoms with Crippen molar-refractivity contribution in [3.8, 4) is 0 Å². The lowest BCUT2D eigenvalue weighted by Crippen LogP contribution is -2.55. The van der Waals surface area contributed by atoms with Crippen LogP contribution in [0.25, 0.3) is 0 Å². The van der Waals surface area contributed by atoms with E-state index in [1.807, 2.05) is 60.7 Å². The summed E-state index contributed by atoms with van der Waals surface area (Å²) in [6.07, 6.45) is 4.78. The first-order valence-corrected chi connectivity index (χ1v) is 14.7. The monoisotopic (exact) mass is 559 g/mol. The molecular weight excluding hydrogens is 522 g/mol. The number of benzene rings is 2. The number of amides is 3. The maximum absolute atomic E-state index is 14.4. The summed E-state index contributed by atoms with van der Waals surface area (Å²) in [5.74, 6) is -1.75. The van der Waals surface area contributed by atoms with Crippen molar-refractivity contribution in [1.29, 1.82) is 0 Å². The number of para-hydroxylation sites is 1. The molecule has 1 N–H and O–H groups in total. The van der Waals surface area contributed by atoms with Crippen molar-refractivity contribution >= 4 is 35.2 Å². The molecule has 2 aromatic rings. The fraction of sp³-hybridized carbons (Fsp3) is 0.406. The Morgan fingerprint density at radius 3 is 2.30 bits per heavy atom. The van der Waals surface area contributed by atoms with Crippen LogP contribution in [0.5, 0.6) is 0 Å². The lowest BCUT2D eigenvalue weighted by Gasteiger charge is -2.38. The highest BCUT2D eigenvalue weighted by Crippen LogP contribution is 2.71. The first kappa shape index (κ1) is 28.2. The maximum atomic E-state index is 14.4. The fourth-order valence-corrected chi connectivity index (χ4v) is 9.37. The molecule has 0 radical (unpaired) electrons. The molecular formula is C32H37N3O4S. The van der Waals surface area contributed by atoms with Crippen LogP contribution in [0, 0.1) is 11.8 Å². The van der Waals surface area contributed by atoms with Gasteiger partial charge in [-0.1, -0.05) is 60.7 Å². The first-order chi connectivity index (χ1) is 19.3. The Morgan fingerprint density at radius 1 is 1.02 bits per heavy atom. The number of likely N-dealkylation sites (tertiary alicyclic amines) is 1. The van der Waals surface area contributed by atoms with Gasteiger partial charge in [0.1, 0.15) is 6.04 Å². The van der Waals surface area contributed by atoms with Gasteiger partial charge in [0.2, 0.25) is 17.7 Å². The SMILES string of the molecule is C=CCN(Cc1ccccc1)C(=O)C1N(CCO)C(=O)[C@@H]2[C@H](C(=O)N(CC=C)c3ccccc3)[C@]3(C)CCC12S3. The van der Waals surface area contributed by atoms with E-state index in [0.29, 0.717) is 26.1 Å². The number of hydrogen-bond acceptors (Lipinski definition) is 5. The van der Waals surface area contributed by atoms with Crippen LogP contribution in [0.2, 0.25) is 0 Å². The summed E-state index contributed by atoms with van der Waals surface area (Å²) in [5.41, 5.74) is 1.74. The van der Waals surface area contributed by atoms with Gasteiger partial charge >= 0.3 is 0 Å². The number of carbonyl (C=O) groups excluding carboxylic acids is 3. The molecule has 5 rings (SSSR count). The number of β-amino-alcohol motifs (C(OH)–C–C–N with tert-alkyl or cyclic N) is 1. The molecule has 1 spiro atoms. The summed E-state index contributed by atoms with van der Waals surface area (Å²) in [6.45, 7) is 10.6. The summed E-state index contributed by atoms with van der Waals surface area (Å²) in [4.78, 5) is 48.0. The van der Waals surface area contributed by atoms with Gasteiger partial charge in [-0.3, -0.25) is 14.4 Å². The average Bonchev–Trinajstić information content (AvgIpc) is 3.53. The number of hydrogen-bond donors (Lipinski definition) is 1. The smallest absolute Gasteiger partial charge is 0.247 e. The lowest BCUT2D eigenvalue weighted by molar-refractivity contribution is -0.143. The van der Waals surface area contributed by atoms with Gasteiger partial charge in [-0.15, -0.1) is 24.9 Å². The Labute approximate surface area is 240 Å². The summed E-state index contributed by atoms with van der Waals surface area (Å²) < 4.78 is -1.23. The number of aliphatic hydroxyl groups excluding tert-OH is 1. The fourth-order valence-electron chi connectivity index (χ4n) is 7.02. The zero-order valence-electron chi connectivity index (χ0n) is 22.9. The van der Waals surface area contributed by atoms with Crippen LogP contribution in [0.3, 0.4) is 0 Å². The summed E-state index contributed by atoms with van der Waals surface area (Å²) in [7, 11) is 0. The van der Waals surface area contributed by atoms with E-state index in [0.717, 1.165) is 17.7 Å². The predicted molar refractivity (Wildman–Crippen MR) is 159 cm³/mol. The summed E-state index contributed by atoms with van der Waals surface area (Å²) in [6, 6.07) is 18.4. The minimum Gasteiger partial charge on any atom is -0.395 e. The van der Waals surface area contributed by atoms with Crippen molar-refractivity contribution in [2.75, 3.05) is 31.1 Å². The second-order valence-corrected chi connectivity index (χ2v) is 12.9. The van der Waals surface area contributed by atoms with Crippen molar-refractivity contribution in [1.82, 2.24) is 9.80 Å². The van der Waals surface area contributed by atoms with Crippen molar-refractivity contribution in [3.63, 3.8) is 0 Å². The maximum Gasteiger partial charge on any atom is 0.247 e. The number of thioether (sulfide) groups is 1. The number of anilines is 1. The molecule has 8 heteroatoms. The molecule has 0 saturated carbocycles. The molecule has 2 bridgehead atoms. The first-order valence-electron chi connectivity index (χ1n) is 13.8. The number of fused-ring (bicyclic) bond motifs is 1. The van der Waals surface area contributed by atoms with Crippen LogP contribution >= 0.6 is 11.8 Å². The van der Waals surface area contributed by atoms with Gasteiger partial charge in [-0.2, -0.15) is 0 Å². The molecule has 7 nitrogen and oxygen atoms in total. The van der Waals surface area contributed by atoms with Crippen molar-refractivity contribution < 1.29 is 19.5 Å². The molecule has 0 aromatic heterocycles. The van der Waals surface area contributed by atoms with Crippen LogP contribution in [0.1, 0.15) is 25.3 Å². The van der Waals surface area contributed by atoms with E-state index in [1.54, 1.807) is 38.6 Å². The highest BCUT2D eigenvalue weighted by Gasteiger charge is 2.77. The van der Waals surface area contributed by atoms with E-state index in [4.69, 9.17) is 0 Å². The molecule has 3 fully saturated rings. The minimum absolute atomic E-state index is 0.0496. The third kappa shape index (κ3) is 4.57. The Kier molecular flexibility index (Phi) is 7.93. The molecule has 0 aliphatic carbocycles. The Bertz CT molecular complexity index is 1290. The van der Waals surface area contributed by atoms with Gasteiger partial charge in [-0.25, -0.2) is 0 Å². The largest absolute Gasteiger partial charge is 0.395 e. The normalized spacial score (nSPS) is 28.3. The van der Waals surface area contributed by atoms with Gasteiger partial charge in [0.15, 0.2) is 0 Å². The minimum atomic E-state index is -0.769. The van der Waals surface area contributed by atoms with Crippen molar-refractivity contribution in [2.45, 2.75) is 41.8 Å². The number of carbonyl (C=O) groups is 3. The van der Waals surface area contributed by atoms with Gasteiger partial charge in [-0.05, 0) is 37.5 Å². The Morgan fingerprint density at radius 2 is 1.68 bits per heavy atom. The molecule has 40 heavy (non-hydrogen) atoms. The van der Waals surface area contributed by atoms with Crippen molar-refractivity contribution in [2.24, 2.45) is 11.8 Å². The highest BCUT2D eigenvalue weighted by atomic mass is 32.2. The van der Waals surface area contributed by atoms with Crippen LogP contribution in [-0.2, 0) is 20.9 Å². The summed E-state index contributed by atoms with van der Waals surface area (Å²) in [5, 5.41) is 9.96. The van der Waals surface area contributed by atoms with Crippen LogP contribution < -0.4 is 4.90 Å². The van der Waals surface area contributed by atoms with E-state index in [1.165, 1.54) is 0 Å². The van der Waals surface area contributed by atoms with Gasteiger partial charge in [0.05, 0.1) is 23.2 Å². The quantitative estimate of drug-likeness (QED) is 0.423. The molecule has 210 valence electrons. The zero-order chi connectivity index (χ0) is 28.5. The van der Waals surface area contributed by atoms with Gasteiger partial charge < -0.3 is 19.8 Å². The van der Waals surface area contributed by atoms with E-state index < -0.39 is 27.4 Å². The standard InChI is InChI=1S/C32H37N3O4S/c1-4-18-33(22-23-12-8-6-9-13-23)30(39)27-32-17-16-31(3,40-32)25(26(32)29(38)35(27)20-21-36)28(37)34(19-5-2)24-14-10-7-11-15-24/h4-15,25-27,36H,1-2,16-22H2,3H3/t25-,26+,27?,31+,32?/m1/s1. The molecule has 2 unspecified atom stereocenters. The second kappa shape index (κ2) is 11.3. The third-order valence-corrected chi connectivity index (χ3v) is 10.6. The lowest BCUT2D eigenvalue weighted by atomic mass is 9.66. The van der Waals surface area contributed by atoms with Crippen LogP contribution in [-0.4, -0.2) is 74.4 Å². The number of aliphatic hydroxyl groups is 1. The van der Waals surface area contributed by atoms with E-state index >= 15 is 0 Å². The van der Waals surface area contributed by atoms with E-state index in [2.05, 4.69) is 20.1 Å². The number of nitrogens with zero attached hydrogens (tertiary/aromatic N) is 3. The zero-order valence-corrected chi connectivity index (χ0v) is 23.8. The molecule has 3 aliphatic rings. The third-order valence-electron chi connectivity index (χ3n) is 8.64. The Balaban J connectivity index is 1.54. The predicted octanol–water partition coefficient (Wildman–Crippen LogP) is 3.89. The molecule has 3 amide bonds. The topological polar surface area (TPSA) is 81.2 Å². The Hall–Kier alpha value is -3.36. The molecule has 3 aliphatic heterocycles. The van der Waals surface area contributed by atoms with Crippen LogP contribution in [0.4, 0.5) is 5.69 Å². The second-order valence-electron chi connectivity index (χ2n) is 11.0. The summed E-state index contributed by atoms with van der Waals surface area (Å²) >= 11 is 1.64. The van der Waals surface area contributed by atoms with E-state index in [9.17, 15) is 19.5 Å². The van der Waals surface area contributed by atoms with Gasteiger partial charge in [0, 0.05) is 36.6 Å². The van der Waals surface area contributed by atoms with Crippen molar-refractivity contribution in [3.05, 3.63) is 91.5 Å². The molecule has 3 heterocycles. The average molecular weight is 560 g/mol.